The van der Waals surface area contributed by atoms with Crippen molar-refractivity contribution in [3.05, 3.63) is 34.6 Å². The van der Waals surface area contributed by atoms with E-state index in [1.807, 2.05) is 13.8 Å². The summed E-state index contributed by atoms with van der Waals surface area (Å²) in [6.45, 7) is 4.36. The Morgan fingerprint density at radius 3 is 2.83 bits per heavy atom. The monoisotopic (exact) mass is 272 g/mol. The molecular weight excluding hydrogens is 255 g/mol. The Hall–Kier alpha value is -0.640. The molecule has 18 heavy (non-hydrogen) atoms. The van der Waals surface area contributed by atoms with E-state index in [-0.39, 0.29) is 17.0 Å². The molecule has 2 rings (SSSR count). The van der Waals surface area contributed by atoms with E-state index >= 15 is 0 Å². The van der Waals surface area contributed by atoms with Crippen molar-refractivity contribution < 1.29 is 14.2 Å². The van der Waals surface area contributed by atoms with Gasteiger partial charge in [-0.15, -0.1) is 0 Å². The van der Waals surface area contributed by atoms with Gasteiger partial charge in [-0.1, -0.05) is 23.7 Å². The Morgan fingerprint density at radius 1 is 1.44 bits per heavy atom. The molecule has 0 bridgehead atoms. The van der Waals surface area contributed by atoms with Crippen molar-refractivity contribution in [3.8, 4) is 0 Å². The highest BCUT2D eigenvalue weighted by molar-refractivity contribution is 6.30. The normalized spacial score (nSPS) is 27.2. The second kappa shape index (κ2) is 4.80. The summed E-state index contributed by atoms with van der Waals surface area (Å²) < 4.78 is 19.4. The summed E-state index contributed by atoms with van der Waals surface area (Å²) in [6, 6.07) is 4.88. The SMILES string of the molecule is CC1(C)CC(O)(Cc2cccc(Cl)c2F)CCO1. The van der Waals surface area contributed by atoms with Crippen LogP contribution in [0.3, 0.4) is 0 Å². The third-order valence-corrected chi connectivity index (χ3v) is 3.66. The molecule has 4 heteroatoms. The van der Waals surface area contributed by atoms with Crippen LogP contribution in [0.4, 0.5) is 4.39 Å². The Balaban J connectivity index is 2.20. The number of aliphatic hydroxyl groups is 1. The molecule has 0 spiro atoms. The minimum atomic E-state index is -0.923. The standard InChI is InChI=1S/C14H18ClFO2/c1-13(2)9-14(17,6-7-18-13)8-10-4-3-5-11(15)12(10)16/h3-5,17H,6-9H2,1-2H3. The molecular formula is C14H18ClFO2. The first-order valence-corrected chi connectivity index (χ1v) is 6.48. The quantitative estimate of drug-likeness (QED) is 0.895. The highest BCUT2D eigenvalue weighted by Gasteiger charge is 2.39. The second-order valence-corrected chi connectivity index (χ2v) is 6.06. The van der Waals surface area contributed by atoms with Crippen LogP contribution in [0, 0.1) is 5.82 Å². The predicted octanol–water partition coefficient (Wildman–Crippen LogP) is 3.34. The molecule has 1 atom stereocenters. The van der Waals surface area contributed by atoms with Crippen LogP contribution in [0.1, 0.15) is 32.3 Å². The first kappa shape index (κ1) is 13.8. The summed E-state index contributed by atoms with van der Waals surface area (Å²) in [5.41, 5.74) is -0.835. The van der Waals surface area contributed by atoms with Crippen molar-refractivity contribution in [2.75, 3.05) is 6.61 Å². The van der Waals surface area contributed by atoms with Crippen molar-refractivity contribution in [1.82, 2.24) is 0 Å². The van der Waals surface area contributed by atoms with E-state index in [0.29, 0.717) is 25.0 Å². The van der Waals surface area contributed by atoms with Crippen molar-refractivity contribution in [1.29, 1.82) is 0 Å². The molecule has 1 saturated heterocycles. The molecule has 0 amide bonds. The van der Waals surface area contributed by atoms with Gasteiger partial charge in [-0.05, 0) is 31.9 Å². The number of benzene rings is 1. The number of hydrogen-bond donors (Lipinski definition) is 1. The van der Waals surface area contributed by atoms with E-state index in [1.54, 1.807) is 12.1 Å². The number of rotatable bonds is 2. The van der Waals surface area contributed by atoms with Gasteiger partial charge in [0.2, 0.25) is 0 Å². The lowest BCUT2D eigenvalue weighted by molar-refractivity contribution is -0.143. The fourth-order valence-electron chi connectivity index (χ4n) is 2.64. The maximum Gasteiger partial charge on any atom is 0.145 e. The zero-order valence-electron chi connectivity index (χ0n) is 10.7. The van der Waals surface area contributed by atoms with Gasteiger partial charge in [0.15, 0.2) is 0 Å². The minimum absolute atomic E-state index is 0.0995. The average molecular weight is 273 g/mol. The predicted molar refractivity (Wildman–Crippen MR) is 69.3 cm³/mol. The van der Waals surface area contributed by atoms with E-state index in [0.717, 1.165) is 0 Å². The van der Waals surface area contributed by atoms with Crippen LogP contribution in [0.5, 0.6) is 0 Å². The smallest absolute Gasteiger partial charge is 0.145 e. The molecule has 1 unspecified atom stereocenters. The lowest BCUT2D eigenvalue weighted by Gasteiger charge is -2.41. The Morgan fingerprint density at radius 2 is 2.17 bits per heavy atom. The first-order chi connectivity index (χ1) is 8.31. The van der Waals surface area contributed by atoms with Gasteiger partial charge in [0.25, 0.3) is 0 Å². The molecule has 1 aromatic rings. The molecule has 1 aromatic carbocycles. The van der Waals surface area contributed by atoms with Crippen molar-refractivity contribution in [3.63, 3.8) is 0 Å². The minimum Gasteiger partial charge on any atom is -0.389 e. The van der Waals surface area contributed by atoms with Crippen LogP contribution in [-0.4, -0.2) is 22.9 Å². The molecule has 100 valence electrons. The molecule has 0 radical (unpaired) electrons. The number of hydrogen-bond acceptors (Lipinski definition) is 2. The fraction of sp³-hybridized carbons (Fsp3) is 0.571. The highest BCUT2D eigenvalue weighted by atomic mass is 35.5. The van der Waals surface area contributed by atoms with Crippen LogP contribution >= 0.6 is 11.6 Å². The van der Waals surface area contributed by atoms with Crippen LogP contribution in [0.2, 0.25) is 5.02 Å². The van der Waals surface area contributed by atoms with Crippen molar-refractivity contribution in [2.24, 2.45) is 0 Å². The van der Waals surface area contributed by atoms with Gasteiger partial charge >= 0.3 is 0 Å². The maximum atomic E-state index is 13.8. The summed E-state index contributed by atoms with van der Waals surface area (Å²) in [4.78, 5) is 0. The van der Waals surface area contributed by atoms with Gasteiger partial charge in [0.05, 0.1) is 22.8 Å². The summed E-state index contributed by atoms with van der Waals surface area (Å²) in [5.74, 6) is -0.433. The maximum absolute atomic E-state index is 13.8. The Bertz CT molecular complexity index is 447. The lowest BCUT2D eigenvalue weighted by atomic mass is 9.80. The van der Waals surface area contributed by atoms with E-state index in [2.05, 4.69) is 0 Å². The zero-order chi connectivity index (χ0) is 13.4. The van der Waals surface area contributed by atoms with Gasteiger partial charge in [0.1, 0.15) is 5.82 Å². The molecule has 1 aliphatic heterocycles. The molecule has 1 N–H and O–H groups in total. The van der Waals surface area contributed by atoms with E-state index in [9.17, 15) is 9.50 Å². The van der Waals surface area contributed by atoms with Crippen LogP contribution in [-0.2, 0) is 11.2 Å². The molecule has 2 nitrogen and oxygen atoms in total. The van der Waals surface area contributed by atoms with E-state index in [1.165, 1.54) is 6.07 Å². The Kier molecular flexibility index (Phi) is 3.67. The van der Waals surface area contributed by atoms with Gasteiger partial charge < -0.3 is 9.84 Å². The third kappa shape index (κ3) is 3.02. The van der Waals surface area contributed by atoms with Gasteiger partial charge in [-0.25, -0.2) is 4.39 Å². The van der Waals surface area contributed by atoms with Crippen molar-refractivity contribution >= 4 is 11.6 Å². The average Bonchev–Trinajstić information content (AvgIpc) is 2.22. The van der Waals surface area contributed by atoms with Crippen LogP contribution in [0.25, 0.3) is 0 Å². The van der Waals surface area contributed by atoms with E-state index in [4.69, 9.17) is 16.3 Å². The van der Waals surface area contributed by atoms with Gasteiger partial charge in [0, 0.05) is 12.8 Å². The molecule has 0 aromatic heterocycles. The molecule has 1 aliphatic rings. The molecule has 1 fully saturated rings. The van der Waals surface area contributed by atoms with Crippen LogP contribution in [0.15, 0.2) is 18.2 Å². The second-order valence-electron chi connectivity index (χ2n) is 5.65. The summed E-state index contributed by atoms with van der Waals surface area (Å²) >= 11 is 5.75. The van der Waals surface area contributed by atoms with Crippen LogP contribution < -0.4 is 0 Å². The summed E-state index contributed by atoms with van der Waals surface area (Å²) in [6.07, 6.45) is 1.28. The molecule has 0 saturated carbocycles. The summed E-state index contributed by atoms with van der Waals surface area (Å²) in [5, 5.41) is 10.7. The Labute approximate surface area is 112 Å². The van der Waals surface area contributed by atoms with Gasteiger partial charge in [-0.3, -0.25) is 0 Å². The molecule has 1 heterocycles. The summed E-state index contributed by atoms with van der Waals surface area (Å²) in [7, 11) is 0. The fourth-order valence-corrected chi connectivity index (χ4v) is 2.83. The van der Waals surface area contributed by atoms with Gasteiger partial charge in [-0.2, -0.15) is 0 Å². The first-order valence-electron chi connectivity index (χ1n) is 6.11. The van der Waals surface area contributed by atoms with Crippen molar-refractivity contribution in [2.45, 2.75) is 44.3 Å². The number of halogens is 2. The largest absolute Gasteiger partial charge is 0.389 e. The lowest BCUT2D eigenvalue weighted by Crippen LogP contribution is -2.47. The zero-order valence-corrected chi connectivity index (χ0v) is 11.4. The third-order valence-electron chi connectivity index (χ3n) is 3.37. The highest BCUT2D eigenvalue weighted by Crippen LogP contribution is 2.35. The number of ether oxygens (including phenoxy) is 1. The van der Waals surface area contributed by atoms with E-state index < -0.39 is 11.4 Å². The topological polar surface area (TPSA) is 29.5 Å². The molecule has 0 aliphatic carbocycles.